The minimum atomic E-state index is -2.24. The molecule has 0 spiro atoms. The standard InChI is InChI=1S/C19H34O8P/c1-28(19-5-3-2-4-6-19,26-17-15-24-13-11-22-9-7-20)27-18-16-25-14-12-23-10-8-21/h2-6,20-21H,7-18H2,1H3/q+1. The maximum Gasteiger partial charge on any atom is 0.304 e. The van der Waals surface area contributed by atoms with Crippen molar-refractivity contribution in [2.45, 2.75) is 0 Å². The number of aliphatic hydroxyl groups excluding tert-OH is 2. The molecule has 1 aromatic carbocycles. The molecule has 162 valence electrons. The Morgan fingerprint density at radius 2 is 1.00 bits per heavy atom. The van der Waals surface area contributed by atoms with Gasteiger partial charge in [0.1, 0.15) is 19.9 Å². The molecule has 0 fully saturated rings. The van der Waals surface area contributed by atoms with Crippen molar-refractivity contribution in [2.75, 3.05) is 85.9 Å². The summed E-state index contributed by atoms with van der Waals surface area (Å²) in [5, 5.41) is 18.3. The van der Waals surface area contributed by atoms with Crippen molar-refractivity contribution >= 4 is 13.0 Å². The molecule has 0 amide bonds. The third-order valence-electron chi connectivity index (χ3n) is 3.57. The van der Waals surface area contributed by atoms with Gasteiger partial charge in [0.05, 0.1) is 66.1 Å². The molecule has 2 N–H and O–H groups in total. The van der Waals surface area contributed by atoms with Gasteiger partial charge in [0.2, 0.25) is 0 Å². The van der Waals surface area contributed by atoms with Crippen LogP contribution in [0.5, 0.6) is 0 Å². The van der Waals surface area contributed by atoms with Gasteiger partial charge >= 0.3 is 7.72 Å². The minimum Gasteiger partial charge on any atom is -0.394 e. The predicted molar refractivity (Wildman–Crippen MR) is 108 cm³/mol. The number of aliphatic hydroxyl groups is 2. The van der Waals surface area contributed by atoms with Crippen LogP contribution in [0.15, 0.2) is 30.3 Å². The van der Waals surface area contributed by atoms with Gasteiger partial charge < -0.3 is 29.2 Å². The van der Waals surface area contributed by atoms with Gasteiger partial charge in [-0.2, -0.15) is 9.05 Å². The number of benzene rings is 1. The summed E-state index contributed by atoms with van der Waals surface area (Å²) >= 11 is 0. The van der Waals surface area contributed by atoms with Crippen molar-refractivity contribution in [3.05, 3.63) is 30.3 Å². The molecule has 28 heavy (non-hydrogen) atoms. The van der Waals surface area contributed by atoms with Crippen LogP contribution in [0, 0.1) is 0 Å². The molecule has 0 radical (unpaired) electrons. The van der Waals surface area contributed by atoms with E-state index in [4.69, 9.17) is 38.2 Å². The van der Waals surface area contributed by atoms with Crippen molar-refractivity contribution in [3.8, 4) is 0 Å². The van der Waals surface area contributed by atoms with Crippen molar-refractivity contribution in [3.63, 3.8) is 0 Å². The highest BCUT2D eigenvalue weighted by Gasteiger charge is 2.39. The maximum absolute atomic E-state index is 8.64. The average Bonchev–Trinajstić information content (AvgIpc) is 2.72. The summed E-state index contributed by atoms with van der Waals surface area (Å²) in [5.41, 5.74) is 0. The highest BCUT2D eigenvalue weighted by atomic mass is 31.2. The van der Waals surface area contributed by atoms with E-state index >= 15 is 0 Å². The molecular formula is C19H34O8P+. The smallest absolute Gasteiger partial charge is 0.304 e. The molecule has 1 aromatic rings. The predicted octanol–water partition coefficient (Wildman–Crippen LogP) is 0.874. The molecule has 0 heterocycles. The monoisotopic (exact) mass is 421 g/mol. The first-order chi connectivity index (χ1) is 13.7. The van der Waals surface area contributed by atoms with Gasteiger partial charge in [0.25, 0.3) is 0 Å². The van der Waals surface area contributed by atoms with E-state index in [1.165, 1.54) is 0 Å². The van der Waals surface area contributed by atoms with Gasteiger partial charge in [-0.15, -0.1) is 0 Å². The highest BCUT2D eigenvalue weighted by molar-refractivity contribution is 7.73. The van der Waals surface area contributed by atoms with Crippen LogP contribution in [-0.2, 0) is 28.0 Å². The fourth-order valence-electron chi connectivity index (χ4n) is 2.20. The second kappa shape index (κ2) is 17.2. The molecule has 8 nitrogen and oxygen atoms in total. The van der Waals surface area contributed by atoms with Crippen molar-refractivity contribution in [1.82, 2.24) is 0 Å². The SMILES string of the molecule is C[P+](OCCOCCOCCO)(OCCOCCOCCO)c1ccccc1. The van der Waals surface area contributed by atoms with Gasteiger partial charge in [0, 0.05) is 0 Å². The normalized spacial score (nSPS) is 11.8. The van der Waals surface area contributed by atoms with E-state index < -0.39 is 7.72 Å². The van der Waals surface area contributed by atoms with Gasteiger partial charge in [0.15, 0.2) is 5.30 Å². The van der Waals surface area contributed by atoms with Crippen molar-refractivity contribution < 1.29 is 38.2 Å². The summed E-state index contributed by atoms with van der Waals surface area (Å²) in [6.45, 7) is 6.15. The fraction of sp³-hybridized carbons (Fsp3) is 0.684. The molecule has 9 heteroatoms. The summed E-state index contributed by atoms with van der Waals surface area (Å²) in [6, 6.07) is 9.88. The van der Waals surface area contributed by atoms with Crippen LogP contribution in [0.2, 0.25) is 0 Å². The minimum absolute atomic E-state index is 0.0136. The molecule has 1 rings (SSSR count). The zero-order chi connectivity index (χ0) is 20.3. The lowest BCUT2D eigenvalue weighted by Crippen LogP contribution is -2.20. The maximum atomic E-state index is 8.64. The Labute approximate surface area is 168 Å². The van der Waals surface area contributed by atoms with E-state index in [0.29, 0.717) is 66.1 Å². The van der Waals surface area contributed by atoms with E-state index in [0.717, 1.165) is 5.30 Å². The first kappa shape index (κ1) is 25.4. The third-order valence-corrected chi connectivity index (χ3v) is 6.16. The Morgan fingerprint density at radius 3 is 1.43 bits per heavy atom. The topological polar surface area (TPSA) is 95.8 Å². The lowest BCUT2D eigenvalue weighted by molar-refractivity contribution is 0.0191. The molecule has 0 bridgehead atoms. The Morgan fingerprint density at radius 1 is 0.607 bits per heavy atom. The average molecular weight is 421 g/mol. The van der Waals surface area contributed by atoms with Crippen LogP contribution in [-0.4, -0.2) is 96.2 Å². The van der Waals surface area contributed by atoms with Crippen LogP contribution in [0.4, 0.5) is 0 Å². The van der Waals surface area contributed by atoms with Crippen LogP contribution in [0.3, 0.4) is 0 Å². The van der Waals surface area contributed by atoms with Gasteiger partial charge in [-0.1, -0.05) is 18.2 Å². The van der Waals surface area contributed by atoms with Crippen molar-refractivity contribution in [1.29, 1.82) is 0 Å². The number of rotatable bonds is 19. The molecular weight excluding hydrogens is 387 g/mol. The molecule has 0 aliphatic heterocycles. The number of hydrogen-bond acceptors (Lipinski definition) is 8. The van der Waals surface area contributed by atoms with E-state index in [2.05, 4.69) is 0 Å². The molecule has 0 aromatic heterocycles. The Bertz CT molecular complexity index is 443. The molecule has 0 aliphatic carbocycles. The summed E-state index contributed by atoms with van der Waals surface area (Å²) in [6.07, 6.45) is 0. The Kier molecular flexibility index (Phi) is 15.6. The number of ether oxygens (including phenoxy) is 4. The van der Waals surface area contributed by atoms with E-state index in [1.807, 2.05) is 37.0 Å². The summed E-state index contributed by atoms with van der Waals surface area (Å²) in [4.78, 5) is 0. The molecule has 0 aliphatic rings. The summed E-state index contributed by atoms with van der Waals surface area (Å²) < 4.78 is 33.4. The Balaban J connectivity index is 2.30. The van der Waals surface area contributed by atoms with E-state index in [1.54, 1.807) is 0 Å². The van der Waals surface area contributed by atoms with Gasteiger partial charge in [-0.25, -0.2) is 0 Å². The van der Waals surface area contributed by atoms with Crippen LogP contribution in [0.25, 0.3) is 0 Å². The largest absolute Gasteiger partial charge is 0.394 e. The molecule has 0 saturated carbocycles. The first-order valence-electron chi connectivity index (χ1n) is 9.47. The van der Waals surface area contributed by atoms with Crippen LogP contribution >= 0.6 is 7.72 Å². The Hall–Kier alpha value is -0.670. The first-order valence-corrected chi connectivity index (χ1v) is 11.5. The van der Waals surface area contributed by atoms with E-state index in [9.17, 15) is 0 Å². The van der Waals surface area contributed by atoms with Gasteiger partial charge in [-0.3, -0.25) is 0 Å². The van der Waals surface area contributed by atoms with Crippen LogP contribution in [0.1, 0.15) is 0 Å². The second-order valence-electron chi connectivity index (χ2n) is 5.74. The highest BCUT2D eigenvalue weighted by Crippen LogP contribution is 2.55. The van der Waals surface area contributed by atoms with Crippen LogP contribution < -0.4 is 5.30 Å². The quantitative estimate of drug-likeness (QED) is 0.251. The lowest BCUT2D eigenvalue weighted by atomic mass is 10.4. The van der Waals surface area contributed by atoms with Crippen molar-refractivity contribution in [2.24, 2.45) is 0 Å². The third kappa shape index (κ3) is 12.0. The number of hydrogen-bond donors (Lipinski definition) is 2. The lowest BCUT2D eigenvalue weighted by Gasteiger charge is -2.20. The molecule has 0 saturated heterocycles. The van der Waals surface area contributed by atoms with Gasteiger partial charge in [-0.05, 0) is 12.1 Å². The summed E-state index contributed by atoms with van der Waals surface area (Å²) in [7, 11) is -2.24. The zero-order valence-corrected chi connectivity index (χ0v) is 17.6. The molecule has 0 unspecified atom stereocenters. The fourth-order valence-corrected chi connectivity index (χ4v) is 4.13. The molecule has 0 atom stereocenters. The zero-order valence-electron chi connectivity index (χ0n) is 16.7. The summed E-state index contributed by atoms with van der Waals surface area (Å²) in [5.74, 6) is 0. The second-order valence-corrected chi connectivity index (χ2v) is 8.47. The van der Waals surface area contributed by atoms with E-state index in [-0.39, 0.29) is 13.2 Å².